The molecular weight excluding hydrogens is 555 g/mol. The number of amides is 3. The maximum atomic E-state index is 13.3. The number of halogens is 2. The Kier molecular flexibility index (Phi) is 8.81. The largest absolute Gasteiger partial charge is 0.489 e. The number of rotatable bonds is 9. The minimum absolute atomic E-state index is 0.0161. The molecule has 0 saturated heterocycles. The van der Waals surface area contributed by atoms with E-state index in [1.54, 1.807) is 87.5 Å². The normalized spacial score (nSPS) is 13.6. The highest BCUT2D eigenvalue weighted by atomic mass is 35.5. The number of benzene rings is 3. The Hall–Kier alpha value is -3.88. The van der Waals surface area contributed by atoms with Crippen LogP contribution in [-0.2, 0) is 27.4 Å². The first-order valence-electron chi connectivity index (χ1n) is 12.6. The number of fused-ring (bicyclic) bond motifs is 1. The summed E-state index contributed by atoms with van der Waals surface area (Å²) in [7, 11) is 0. The smallest absolute Gasteiger partial charge is 0.325 e. The number of nitrogens with one attached hydrogen (secondary N) is 1. The molecule has 10 heteroatoms. The van der Waals surface area contributed by atoms with Crippen molar-refractivity contribution in [2.75, 3.05) is 6.54 Å². The van der Waals surface area contributed by atoms with Crippen molar-refractivity contribution in [3.8, 4) is 5.75 Å². The highest BCUT2D eigenvalue weighted by Crippen LogP contribution is 2.28. The van der Waals surface area contributed by atoms with E-state index in [0.29, 0.717) is 26.9 Å². The molecule has 0 saturated carbocycles. The Balaban J connectivity index is 1.51. The molecule has 3 amide bonds. The standard InChI is InChI=1S/C30H28Cl2N2O6/c1-30(2,3)40-26(35)16-33-27(36)25(34-28(37)20-7-4-5-8-21(20)29(34)38)15-18-11-13-19(14-12-18)39-17-22-23(31)9-6-10-24(22)32/h4-14,25H,15-17H2,1-3H3,(H,33,36)/t25-/m0/s1. The zero-order chi connectivity index (χ0) is 29.0. The SMILES string of the molecule is CC(C)(C)OC(=O)CNC(=O)[C@H](Cc1ccc(OCc2c(Cl)cccc2Cl)cc1)N1C(=O)c2ccccc2C1=O. The van der Waals surface area contributed by atoms with Crippen LogP contribution in [0.2, 0.25) is 10.0 Å². The minimum atomic E-state index is -1.21. The van der Waals surface area contributed by atoms with Gasteiger partial charge >= 0.3 is 5.97 Å². The summed E-state index contributed by atoms with van der Waals surface area (Å²) < 4.78 is 11.1. The first-order chi connectivity index (χ1) is 18.9. The molecule has 4 rings (SSSR count). The molecule has 1 aliphatic heterocycles. The van der Waals surface area contributed by atoms with Crippen molar-refractivity contribution < 1.29 is 28.7 Å². The monoisotopic (exact) mass is 582 g/mol. The van der Waals surface area contributed by atoms with E-state index in [4.69, 9.17) is 32.7 Å². The fourth-order valence-corrected chi connectivity index (χ4v) is 4.72. The van der Waals surface area contributed by atoms with Crippen LogP contribution in [0, 0.1) is 0 Å². The Bertz CT molecular complexity index is 1390. The van der Waals surface area contributed by atoms with Gasteiger partial charge in [0.25, 0.3) is 11.8 Å². The Morgan fingerprint density at radius 3 is 2.00 bits per heavy atom. The van der Waals surface area contributed by atoms with Crippen LogP contribution in [0.4, 0.5) is 0 Å². The molecule has 1 atom stereocenters. The molecule has 0 aliphatic carbocycles. The lowest BCUT2D eigenvalue weighted by molar-refractivity contribution is -0.154. The van der Waals surface area contributed by atoms with Gasteiger partial charge in [-0.2, -0.15) is 0 Å². The van der Waals surface area contributed by atoms with Crippen LogP contribution in [0.3, 0.4) is 0 Å². The molecule has 1 heterocycles. The van der Waals surface area contributed by atoms with E-state index >= 15 is 0 Å². The lowest BCUT2D eigenvalue weighted by Gasteiger charge is -2.26. The maximum absolute atomic E-state index is 13.3. The van der Waals surface area contributed by atoms with Crippen LogP contribution >= 0.6 is 23.2 Å². The highest BCUT2D eigenvalue weighted by Gasteiger charge is 2.42. The maximum Gasteiger partial charge on any atom is 0.325 e. The molecule has 0 spiro atoms. The van der Waals surface area contributed by atoms with E-state index in [-0.39, 0.29) is 24.2 Å². The molecule has 8 nitrogen and oxygen atoms in total. The van der Waals surface area contributed by atoms with Gasteiger partial charge in [-0.3, -0.25) is 24.1 Å². The number of imide groups is 1. The Morgan fingerprint density at radius 1 is 0.875 bits per heavy atom. The molecule has 208 valence electrons. The molecule has 3 aromatic carbocycles. The minimum Gasteiger partial charge on any atom is -0.489 e. The Labute approximate surface area is 242 Å². The van der Waals surface area contributed by atoms with E-state index in [1.807, 2.05) is 0 Å². The molecular formula is C30H28Cl2N2O6. The van der Waals surface area contributed by atoms with Crippen LogP contribution in [0.5, 0.6) is 5.75 Å². The second kappa shape index (κ2) is 12.1. The van der Waals surface area contributed by atoms with Gasteiger partial charge in [0.2, 0.25) is 5.91 Å². The number of carbonyl (C=O) groups excluding carboxylic acids is 4. The fraction of sp³-hybridized carbons (Fsp3) is 0.267. The zero-order valence-corrected chi connectivity index (χ0v) is 23.7. The lowest BCUT2D eigenvalue weighted by Crippen LogP contribution is -2.51. The summed E-state index contributed by atoms with van der Waals surface area (Å²) in [4.78, 5) is 52.8. The molecule has 3 aromatic rings. The molecule has 40 heavy (non-hydrogen) atoms. The van der Waals surface area contributed by atoms with E-state index in [2.05, 4.69) is 5.32 Å². The van der Waals surface area contributed by atoms with Gasteiger partial charge in [0.1, 0.15) is 30.5 Å². The van der Waals surface area contributed by atoms with Crippen LogP contribution < -0.4 is 10.1 Å². The van der Waals surface area contributed by atoms with Crippen LogP contribution in [0.1, 0.15) is 52.6 Å². The average Bonchev–Trinajstić information content (AvgIpc) is 3.15. The van der Waals surface area contributed by atoms with E-state index in [1.165, 1.54) is 0 Å². The average molecular weight is 583 g/mol. The number of ether oxygens (including phenoxy) is 2. The molecule has 0 unspecified atom stereocenters. The molecule has 1 N–H and O–H groups in total. The molecule has 1 aliphatic rings. The van der Waals surface area contributed by atoms with Gasteiger partial charge in [0.05, 0.1) is 11.1 Å². The summed E-state index contributed by atoms with van der Waals surface area (Å²) in [5.74, 6) is -1.91. The predicted octanol–water partition coefficient (Wildman–Crippen LogP) is 5.24. The number of hydrogen-bond acceptors (Lipinski definition) is 6. The van der Waals surface area contributed by atoms with Crippen molar-refractivity contribution in [2.24, 2.45) is 0 Å². The van der Waals surface area contributed by atoms with Gasteiger partial charge in [-0.25, -0.2) is 0 Å². The third-order valence-corrected chi connectivity index (χ3v) is 6.77. The van der Waals surface area contributed by atoms with Gasteiger partial charge in [0, 0.05) is 22.0 Å². The van der Waals surface area contributed by atoms with Gasteiger partial charge in [-0.15, -0.1) is 0 Å². The second-order valence-electron chi connectivity index (χ2n) is 10.2. The van der Waals surface area contributed by atoms with Gasteiger partial charge < -0.3 is 14.8 Å². The number of carbonyl (C=O) groups is 4. The van der Waals surface area contributed by atoms with Crippen molar-refractivity contribution in [2.45, 2.75) is 45.4 Å². The Morgan fingerprint density at radius 2 is 1.45 bits per heavy atom. The topological polar surface area (TPSA) is 102 Å². The molecule has 0 fully saturated rings. The van der Waals surface area contributed by atoms with Crippen molar-refractivity contribution >= 4 is 46.9 Å². The summed E-state index contributed by atoms with van der Waals surface area (Å²) in [6.07, 6.45) is 0.0161. The summed E-state index contributed by atoms with van der Waals surface area (Å²) in [5.41, 5.74) is 1.03. The molecule has 0 aromatic heterocycles. The number of esters is 1. The van der Waals surface area contributed by atoms with Gasteiger partial charge in [-0.1, -0.05) is 53.5 Å². The highest BCUT2D eigenvalue weighted by molar-refractivity contribution is 6.36. The van der Waals surface area contributed by atoms with Crippen LogP contribution in [0.15, 0.2) is 66.7 Å². The van der Waals surface area contributed by atoms with Crippen molar-refractivity contribution in [3.63, 3.8) is 0 Å². The van der Waals surface area contributed by atoms with Crippen LogP contribution in [0.25, 0.3) is 0 Å². The summed E-state index contributed by atoms with van der Waals surface area (Å²) in [6.45, 7) is 4.88. The summed E-state index contributed by atoms with van der Waals surface area (Å²) >= 11 is 12.4. The number of hydrogen-bond donors (Lipinski definition) is 1. The van der Waals surface area contributed by atoms with E-state index in [9.17, 15) is 19.2 Å². The predicted molar refractivity (Wildman–Crippen MR) is 151 cm³/mol. The third-order valence-electron chi connectivity index (χ3n) is 6.06. The van der Waals surface area contributed by atoms with Gasteiger partial charge in [-0.05, 0) is 62.7 Å². The van der Waals surface area contributed by atoms with Crippen molar-refractivity contribution in [1.29, 1.82) is 0 Å². The first-order valence-corrected chi connectivity index (χ1v) is 13.3. The summed E-state index contributed by atoms with van der Waals surface area (Å²) in [5, 5.41) is 3.50. The van der Waals surface area contributed by atoms with E-state index in [0.717, 1.165) is 4.90 Å². The number of nitrogens with zero attached hydrogens (tertiary/aromatic N) is 1. The van der Waals surface area contributed by atoms with E-state index < -0.39 is 41.9 Å². The summed E-state index contributed by atoms with van der Waals surface area (Å²) in [6, 6.07) is 17.3. The molecule has 0 bridgehead atoms. The fourth-order valence-electron chi connectivity index (χ4n) is 4.22. The lowest BCUT2D eigenvalue weighted by atomic mass is 10.0. The van der Waals surface area contributed by atoms with Gasteiger partial charge in [0.15, 0.2) is 0 Å². The molecule has 0 radical (unpaired) electrons. The zero-order valence-electron chi connectivity index (χ0n) is 22.2. The van der Waals surface area contributed by atoms with Crippen molar-refractivity contribution in [1.82, 2.24) is 10.2 Å². The van der Waals surface area contributed by atoms with Crippen molar-refractivity contribution in [3.05, 3.63) is 99.0 Å². The second-order valence-corrected chi connectivity index (χ2v) is 11.0. The quantitative estimate of drug-likeness (QED) is 0.273. The van der Waals surface area contributed by atoms with Crippen LogP contribution in [-0.4, -0.2) is 46.8 Å². The first kappa shape index (κ1) is 29.1. The third kappa shape index (κ3) is 6.81.